The fraction of sp³-hybridized carbons (Fsp3) is 0.500. The minimum absolute atomic E-state index is 0.384. The van der Waals surface area contributed by atoms with Crippen LogP contribution in [0.5, 0.6) is 0 Å². The van der Waals surface area contributed by atoms with Crippen LogP contribution >= 0.6 is 0 Å². The summed E-state index contributed by atoms with van der Waals surface area (Å²) in [7, 11) is 0. The highest BCUT2D eigenvalue weighted by molar-refractivity contribution is 5.99. The number of nitrogens with two attached hydrogens (primary N) is 1. The average molecular weight is 410 g/mol. The van der Waals surface area contributed by atoms with Crippen molar-refractivity contribution in [3.63, 3.8) is 0 Å². The molecule has 1 aliphatic carbocycles. The van der Waals surface area contributed by atoms with Crippen molar-refractivity contribution in [2.24, 2.45) is 10.7 Å². The second kappa shape index (κ2) is 11.0. The highest BCUT2D eigenvalue weighted by atomic mass is 16.5. The Bertz CT molecular complexity index is 911. The highest BCUT2D eigenvalue weighted by Gasteiger charge is 2.18. The first-order valence-corrected chi connectivity index (χ1v) is 11.1. The summed E-state index contributed by atoms with van der Waals surface area (Å²) in [4.78, 5) is 4.73. The van der Waals surface area contributed by atoms with E-state index in [-0.39, 0.29) is 0 Å². The largest absolute Gasteiger partial charge is 0.402 e. The normalized spacial score (nSPS) is 16.1. The van der Waals surface area contributed by atoms with Crippen molar-refractivity contribution in [3.8, 4) is 0 Å². The minimum atomic E-state index is 0.384. The number of rotatable bonds is 10. The fourth-order valence-electron chi connectivity index (χ4n) is 4.06. The first kappa shape index (κ1) is 22.1. The fourth-order valence-corrected chi connectivity index (χ4v) is 4.06. The number of benzene rings is 1. The van der Waals surface area contributed by atoms with Crippen molar-refractivity contribution in [1.29, 1.82) is 0 Å². The summed E-state index contributed by atoms with van der Waals surface area (Å²) in [5, 5.41) is 12.2. The van der Waals surface area contributed by atoms with Gasteiger partial charge in [0.15, 0.2) is 5.58 Å². The van der Waals surface area contributed by atoms with E-state index in [1.54, 1.807) is 6.20 Å². The molecule has 0 fully saturated rings. The number of nitrogens with zero attached hydrogens (tertiary/aromatic N) is 2. The van der Waals surface area contributed by atoms with Gasteiger partial charge < -0.3 is 20.9 Å². The van der Waals surface area contributed by atoms with Gasteiger partial charge in [0.25, 0.3) is 0 Å². The molecule has 4 N–H and O–H groups in total. The Balaban J connectivity index is 1.50. The van der Waals surface area contributed by atoms with E-state index in [4.69, 9.17) is 15.2 Å². The topological polar surface area (TPSA) is 88.5 Å². The molecular formula is C24H35N5O. The number of hydrogen-bond donors (Lipinski definition) is 3. The van der Waals surface area contributed by atoms with Gasteiger partial charge in [-0.15, -0.1) is 0 Å². The third-order valence-electron chi connectivity index (χ3n) is 5.80. The van der Waals surface area contributed by atoms with Gasteiger partial charge in [-0.1, -0.05) is 24.7 Å². The smallest absolute Gasteiger partial charge is 0.167 e. The van der Waals surface area contributed by atoms with Gasteiger partial charge in [-0.3, -0.25) is 4.99 Å². The number of aromatic nitrogens is 1. The lowest BCUT2D eigenvalue weighted by Gasteiger charge is -2.19. The molecule has 2 aromatic rings. The summed E-state index contributed by atoms with van der Waals surface area (Å²) >= 11 is 0. The van der Waals surface area contributed by atoms with Crippen LogP contribution in [0.25, 0.3) is 11.0 Å². The summed E-state index contributed by atoms with van der Waals surface area (Å²) in [6.45, 7) is 10.5. The van der Waals surface area contributed by atoms with Gasteiger partial charge in [-0.25, -0.2) is 0 Å². The molecule has 162 valence electrons. The van der Waals surface area contributed by atoms with Crippen molar-refractivity contribution >= 4 is 16.8 Å². The Kier molecular flexibility index (Phi) is 8.08. The first-order valence-electron chi connectivity index (χ1n) is 11.1. The van der Waals surface area contributed by atoms with E-state index in [0.717, 1.165) is 79.0 Å². The maximum Gasteiger partial charge on any atom is 0.167 e. The van der Waals surface area contributed by atoms with Gasteiger partial charge in [-0.2, -0.15) is 0 Å². The number of hydrogen-bond acceptors (Lipinski definition) is 5. The van der Waals surface area contributed by atoms with E-state index in [2.05, 4.69) is 54.4 Å². The molecule has 0 radical (unpaired) electrons. The van der Waals surface area contributed by atoms with E-state index >= 15 is 0 Å². The Labute approximate surface area is 179 Å². The second-order valence-electron chi connectivity index (χ2n) is 8.00. The number of aliphatic imine (C=N–C) groups is 1. The minimum Gasteiger partial charge on any atom is -0.402 e. The first-order chi connectivity index (χ1) is 14.6. The molecule has 1 atom stereocenters. The van der Waals surface area contributed by atoms with E-state index in [0.29, 0.717) is 12.5 Å². The van der Waals surface area contributed by atoms with Crippen LogP contribution in [-0.4, -0.2) is 30.6 Å². The Morgan fingerprint density at radius 1 is 1.33 bits per heavy atom. The van der Waals surface area contributed by atoms with Crippen LogP contribution in [0.4, 0.5) is 0 Å². The zero-order valence-electron chi connectivity index (χ0n) is 18.3. The maximum absolute atomic E-state index is 6.20. The lowest BCUT2D eigenvalue weighted by Crippen LogP contribution is -2.27. The zero-order chi connectivity index (χ0) is 21.3. The average Bonchev–Trinajstić information content (AvgIpc) is 3.16. The van der Waals surface area contributed by atoms with Gasteiger partial charge in [0.2, 0.25) is 0 Å². The monoisotopic (exact) mass is 409 g/mol. The predicted octanol–water partition coefficient (Wildman–Crippen LogP) is 4.53. The van der Waals surface area contributed by atoms with Crippen LogP contribution in [0.3, 0.4) is 0 Å². The van der Waals surface area contributed by atoms with Crippen LogP contribution in [0.15, 0.2) is 51.8 Å². The SMILES string of the molecule is C=CNC(=NCCNCCC(CC)c1noc2cc(C)ccc12)C1=C(N)CCCC1. The van der Waals surface area contributed by atoms with Crippen molar-refractivity contribution in [2.75, 3.05) is 19.6 Å². The molecule has 1 aliphatic rings. The third-order valence-corrected chi connectivity index (χ3v) is 5.80. The number of allylic oxidation sites excluding steroid dienone is 1. The third kappa shape index (κ3) is 5.51. The van der Waals surface area contributed by atoms with Gasteiger partial charge in [0, 0.05) is 29.1 Å². The standard InChI is InChI=1S/C24H35N5O/c1-4-18(23-20-11-10-17(3)16-22(20)30-29-23)12-13-26-14-15-28-24(27-5-2)19-8-6-7-9-21(19)25/h5,10-11,16,18,26H,2,4,6-9,12-15,25H2,1,3H3,(H,27,28). The number of amidine groups is 1. The van der Waals surface area contributed by atoms with E-state index in [1.807, 2.05) is 0 Å². The highest BCUT2D eigenvalue weighted by Crippen LogP contribution is 2.29. The molecule has 0 saturated heterocycles. The summed E-state index contributed by atoms with van der Waals surface area (Å²) < 4.78 is 5.56. The van der Waals surface area contributed by atoms with Gasteiger partial charge >= 0.3 is 0 Å². The molecular weight excluding hydrogens is 374 g/mol. The van der Waals surface area contributed by atoms with Crippen molar-refractivity contribution in [3.05, 3.63) is 53.5 Å². The molecule has 0 saturated carbocycles. The van der Waals surface area contributed by atoms with Crippen LogP contribution in [0.2, 0.25) is 0 Å². The summed E-state index contributed by atoms with van der Waals surface area (Å²) in [6.07, 6.45) is 8.01. The van der Waals surface area contributed by atoms with Crippen molar-refractivity contribution in [2.45, 2.75) is 58.3 Å². The Morgan fingerprint density at radius 3 is 2.93 bits per heavy atom. The van der Waals surface area contributed by atoms with Crippen molar-refractivity contribution < 1.29 is 4.52 Å². The zero-order valence-corrected chi connectivity index (χ0v) is 18.3. The molecule has 0 spiro atoms. The molecule has 0 amide bonds. The van der Waals surface area contributed by atoms with Crippen LogP contribution < -0.4 is 16.4 Å². The Hall–Kier alpha value is -2.60. The van der Waals surface area contributed by atoms with E-state index < -0.39 is 0 Å². The van der Waals surface area contributed by atoms with E-state index in [1.165, 1.54) is 12.0 Å². The molecule has 6 heteroatoms. The second-order valence-corrected chi connectivity index (χ2v) is 8.00. The van der Waals surface area contributed by atoms with Crippen LogP contribution in [-0.2, 0) is 0 Å². The predicted molar refractivity (Wildman–Crippen MR) is 125 cm³/mol. The molecule has 6 nitrogen and oxygen atoms in total. The van der Waals surface area contributed by atoms with Crippen LogP contribution in [0.1, 0.15) is 62.6 Å². The van der Waals surface area contributed by atoms with Crippen LogP contribution in [0, 0.1) is 6.92 Å². The molecule has 3 rings (SSSR count). The quantitative estimate of drug-likeness (QED) is 0.305. The van der Waals surface area contributed by atoms with Gasteiger partial charge in [-0.05, 0) is 75.9 Å². The molecule has 1 aromatic heterocycles. The molecule has 0 bridgehead atoms. The molecule has 1 aromatic carbocycles. The van der Waals surface area contributed by atoms with Gasteiger partial charge in [0.05, 0.1) is 12.2 Å². The van der Waals surface area contributed by atoms with E-state index in [9.17, 15) is 0 Å². The number of fused-ring (bicyclic) bond motifs is 1. The van der Waals surface area contributed by atoms with Crippen molar-refractivity contribution in [1.82, 2.24) is 15.8 Å². The lowest BCUT2D eigenvalue weighted by atomic mass is 9.95. The molecule has 30 heavy (non-hydrogen) atoms. The lowest BCUT2D eigenvalue weighted by molar-refractivity contribution is 0.428. The summed E-state index contributed by atoms with van der Waals surface area (Å²) in [6, 6.07) is 6.30. The summed E-state index contributed by atoms with van der Waals surface area (Å²) in [5.74, 6) is 1.26. The molecule has 1 unspecified atom stereocenters. The Morgan fingerprint density at radius 2 is 2.17 bits per heavy atom. The molecule has 0 aliphatic heterocycles. The molecule has 1 heterocycles. The summed E-state index contributed by atoms with van der Waals surface area (Å²) in [5.41, 5.74) is 11.5. The maximum atomic E-state index is 6.20. The number of aryl methyl sites for hydroxylation is 1. The van der Waals surface area contributed by atoms with Gasteiger partial charge in [0.1, 0.15) is 5.84 Å². The number of nitrogens with one attached hydrogen (secondary N) is 2.